The molecule has 0 N–H and O–H groups in total. The normalized spacial score (nSPS) is 9.71. The van der Waals surface area contributed by atoms with Crippen molar-refractivity contribution >= 4 is 12.2 Å². The van der Waals surface area contributed by atoms with Crippen molar-refractivity contribution in [3.05, 3.63) is 82.2 Å². The van der Waals surface area contributed by atoms with Crippen LogP contribution in [-0.2, 0) is 0 Å². The average molecular weight is 383 g/mol. The summed E-state index contributed by atoms with van der Waals surface area (Å²) in [4.78, 5) is 0. The molecule has 2 rings (SSSR count). The van der Waals surface area contributed by atoms with E-state index < -0.39 is 0 Å². The van der Waals surface area contributed by atoms with Crippen LogP contribution in [0.1, 0.15) is 84.9 Å². The van der Waals surface area contributed by atoms with Gasteiger partial charge in [0.15, 0.2) is 0 Å². The molecule has 0 spiro atoms. The molecule has 0 atom stereocenters. The van der Waals surface area contributed by atoms with Gasteiger partial charge >= 0.3 is 0 Å². The summed E-state index contributed by atoms with van der Waals surface area (Å²) in [6.45, 7) is 30.4. The Hall–Kier alpha value is -2.08. The van der Waals surface area contributed by atoms with E-state index in [0.717, 1.165) is 5.22 Å². The van der Waals surface area contributed by atoms with Crippen molar-refractivity contribution in [2.45, 2.75) is 82.1 Å². The molecule has 0 aromatic heterocycles. The molecule has 28 heavy (non-hydrogen) atoms. The largest absolute Gasteiger partial charge is 0.0988 e. The van der Waals surface area contributed by atoms with Crippen molar-refractivity contribution in [3.8, 4) is 0 Å². The van der Waals surface area contributed by atoms with E-state index in [-0.39, 0.29) is 0 Å². The molecule has 0 heteroatoms. The van der Waals surface area contributed by atoms with Crippen LogP contribution in [-0.4, -0.2) is 0 Å². The van der Waals surface area contributed by atoms with E-state index in [2.05, 4.69) is 84.2 Å². The van der Waals surface area contributed by atoms with E-state index in [1.54, 1.807) is 0 Å². The van der Waals surface area contributed by atoms with E-state index in [1.807, 2.05) is 53.7 Å². The van der Waals surface area contributed by atoms with E-state index in [9.17, 15) is 0 Å². The summed E-state index contributed by atoms with van der Waals surface area (Å²) in [5.41, 5.74) is 5.23. The Bertz CT molecular complexity index is 733. The molecule has 0 nitrogen and oxygen atoms in total. The first-order chi connectivity index (χ1) is 13.3. The van der Waals surface area contributed by atoms with Gasteiger partial charge in [-0.3, -0.25) is 0 Å². The smallest absolute Gasteiger partial charge is 0.0158 e. The Morgan fingerprint density at radius 1 is 0.821 bits per heavy atom. The number of aryl methyl sites for hydroxylation is 2. The standard InChI is InChI=1S/C12H14.C10H14.3C2H6/c1-5-10(3)12-8-9(2)6-7-11(12)4;1-8(2)10-6-4-5-9(3)7-10;3*1-2/h5-8H,1,4H2,2-3H3;4-8H,1-3H3;3*1-2H3/b12-10+;;;;. The molecule has 2 aromatic rings. The number of rotatable bonds is 2. The third-order valence-electron chi connectivity index (χ3n) is 3.71. The number of hydrogen-bond donors (Lipinski definition) is 0. The van der Waals surface area contributed by atoms with Gasteiger partial charge in [-0.15, -0.1) is 0 Å². The van der Waals surface area contributed by atoms with Gasteiger partial charge in [0.2, 0.25) is 0 Å². The Labute approximate surface area is 176 Å². The summed E-state index contributed by atoms with van der Waals surface area (Å²) in [6.07, 6.45) is 1.86. The summed E-state index contributed by atoms with van der Waals surface area (Å²) in [5, 5.41) is 2.27. The van der Waals surface area contributed by atoms with Gasteiger partial charge in [-0.25, -0.2) is 0 Å². The minimum atomic E-state index is 0.653. The van der Waals surface area contributed by atoms with Crippen molar-refractivity contribution in [2.24, 2.45) is 0 Å². The average Bonchev–Trinajstić information content (AvgIpc) is 2.74. The van der Waals surface area contributed by atoms with Crippen LogP contribution in [0.5, 0.6) is 0 Å². The summed E-state index contributed by atoms with van der Waals surface area (Å²) < 4.78 is 0. The first kappa shape index (κ1) is 30.6. The highest BCUT2D eigenvalue weighted by Gasteiger charge is 1.96. The van der Waals surface area contributed by atoms with Gasteiger partial charge in [0.1, 0.15) is 0 Å². The van der Waals surface area contributed by atoms with Gasteiger partial charge < -0.3 is 0 Å². The van der Waals surface area contributed by atoms with Crippen LogP contribution in [0.15, 0.2) is 55.1 Å². The molecule has 0 aliphatic rings. The Balaban J connectivity index is -0.000000355. The lowest BCUT2D eigenvalue weighted by Crippen LogP contribution is -2.24. The van der Waals surface area contributed by atoms with Crippen LogP contribution >= 0.6 is 0 Å². The lowest BCUT2D eigenvalue weighted by molar-refractivity contribution is 0.865. The predicted molar refractivity (Wildman–Crippen MR) is 135 cm³/mol. The van der Waals surface area contributed by atoms with E-state index in [1.165, 1.54) is 27.5 Å². The van der Waals surface area contributed by atoms with Crippen LogP contribution in [0.3, 0.4) is 0 Å². The quantitative estimate of drug-likeness (QED) is 0.494. The molecular weight excluding hydrogens is 336 g/mol. The number of benzene rings is 2. The molecule has 0 fully saturated rings. The molecule has 2 aromatic carbocycles. The zero-order chi connectivity index (χ0) is 22.7. The van der Waals surface area contributed by atoms with E-state index >= 15 is 0 Å². The summed E-state index contributed by atoms with van der Waals surface area (Å²) in [7, 11) is 0. The number of hydrogen-bond acceptors (Lipinski definition) is 0. The maximum absolute atomic E-state index is 3.96. The zero-order valence-electron chi connectivity index (χ0n) is 20.6. The van der Waals surface area contributed by atoms with Crippen LogP contribution < -0.4 is 10.4 Å². The maximum atomic E-state index is 3.96. The minimum Gasteiger partial charge on any atom is -0.0988 e. The summed E-state index contributed by atoms with van der Waals surface area (Å²) in [6, 6.07) is 14.9. The molecule has 0 amide bonds. The van der Waals surface area contributed by atoms with Crippen LogP contribution in [0.2, 0.25) is 0 Å². The van der Waals surface area contributed by atoms with Crippen LogP contribution in [0.25, 0.3) is 12.2 Å². The second-order valence-electron chi connectivity index (χ2n) is 6.12. The highest BCUT2D eigenvalue weighted by atomic mass is 14.0. The van der Waals surface area contributed by atoms with E-state index in [0.29, 0.717) is 5.92 Å². The van der Waals surface area contributed by atoms with Crippen molar-refractivity contribution in [3.63, 3.8) is 0 Å². The SMILES string of the molecule is C=C/C(C)=c1\cc(C)ccc1=C.CC.CC.CC.Cc1cccc(C(C)C)c1. The van der Waals surface area contributed by atoms with Crippen LogP contribution in [0.4, 0.5) is 0 Å². The fraction of sp³-hybridized carbons (Fsp3) is 0.429. The summed E-state index contributed by atoms with van der Waals surface area (Å²) in [5.74, 6) is 0.653. The second-order valence-corrected chi connectivity index (χ2v) is 6.12. The fourth-order valence-corrected chi connectivity index (χ4v) is 2.20. The van der Waals surface area contributed by atoms with Gasteiger partial charge in [0.05, 0.1) is 0 Å². The molecule has 158 valence electrons. The molecule has 0 unspecified atom stereocenters. The van der Waals surface area contributed by atoms with E-state index in [4.69, 9.17) is 0 Å². The molecule has 0 aliphatic heterocycles. The molecule has 0 bridgehead atoms. The first-order valence-corrected chi connectivity index (χ1v) is 10.8. The third kappa shape index (κ3) is 13.1. The Morgan fingerprint density at radius 2 is 1.32 bits per heavy atom. The van der Waals surface area contributed by atoms with Crippen molar-refractivity contribution < 1.29 is 0 Å². The van der Waals surface area contributed by atoms with Crippen LogP contribution in [0, 0.1) is 13.8 Å². The summed E-state index contributed by atoms with van der Waals surface area (Å²) >= 11 is 0. The lowest BCUT2D eigenvalue weighted by atomic mass is 10.0. The zero-order valence-corrected chi connectivity index (χ0v) is 20.6. The third-order valence-corrected chi connectivity index (χ3v) is 3.71. The highest BCUT2D eigenvalue weighted by molar-refractivity contribution is 5.53. The second kappa shape index (κ2) is 19.7. The molecular formula is C28H46. The number of allylic oxidation sites excluding steroid dienone is 1. The molecule has 0 radical (unpaired) electrons. The topological polar surface area (TPSA) is 0 Å². The van der Waals surface area contributed by atoms with Gasteiger partial charge in [-0.1, -0.05) is 128 Å². The van der Waals surface area contributed by atoms with Gasteiger partial charge in [-0.2, -0.15) is 0 Å². The fourth-order valence-electron chi connectivity index (χ4n) is 2.20. The Kier molecular flexibility index (Phi) is 21.5. The van der Waals surface area contributed by atoms with Crippen molar-refractivity contribution in [1.82, 2.24) is 0 Å². The molecule has 0 saturated carbocycles. The van der Waals surface area contributed by atoms with Crippen molar-refractivity contribution in [2.75, 3.05) is 0 Å². The van der Waals surface area contributed by atoms with Gasteiger partial charge in [0, 0.05) is 0 Å². The Morgan fingerprint density at radius 3 is 1.71 bits per heavy atom. The van der Waals surface area contributed by atoms with Gasteiger partial charge in [0.25, 0.3) is 0 Å². The van der Waals surface area contributed by atoms with Crippen molar-refractivity contribution in [1.29, 1.82) is 0 Å². The predicted octanol–water partition coefficient (Wildman–Crippen LogP) is 7.96. The molecule has 0 heterocycles. The van der Waals surface area contributed by atoms with Gasteiger partial charge in [-0.05, 0) is 48.3 Å². The molecule has 0 aliphatic carbocycles. The monoisotopic (exact) mass is 382 g/mol. The maximum Gasteiger partial charge on any atom is -0.0158 e. The molecule has 0 saturated heterocycles. The lowest BCUT2D eigenvalue weighted by Gasteiger charge is -2.04. The first-order valence-electron chi connectivity index (χ1n) is 10.8. The highest BCUT2D eigenvalue weighted by Crippen LogP contribution is 2.14. The minimum absolute atomic E-state index is 0.653.